The summed E-state index contributed by atoms with van der Waals surface area (Å²) in [5, 5.41) is 0. The first-order valence-corrected chi connectivity index (χ1v) is 6.01. The van der Waals surface area contributed by atoms with E-state index in [0.29, 0.717) is 5.56 Å². The van der Waals surface area contributed by atoms with Gasteiger partial charge in [0.1, 0.15) is 0 Å². The summed E-state index contributed by atoms with van der Waals surface area (Å²) in [6, 6.07) is 6.63. The summed E-state index contributed by atoms with van der Waals surface area (Å²) >= 11 is 0. The van der Waals surface area contributed by atoms with E-state index in [9.17, 15) is 13.6 Å². The molecule has 2 aromatic rings. The van der Waals surface area contributed by atoms with Crippen molar-refractivity contribution >= 4 is 17.9 Å². The molecule has 4 nitrogen and oxygen atoms in total. The maximum atomic E-state index is 13.2. The van der Waals surface area contributed by atoms with Crippen molar-refractivity contribution in [3.8, 4) is 0 Å². The molecule has 0 saturated heterocycles. The van der Waals surface area contributed by atoms with Crippen LogP contribution in [0.15, 0.2) is 53.4 Å². The van der Waals surface area contributed by atoms with Crippen LogP contribution in [0.1, 0.15) is 11.1 Å². The van der Waals surface area contributed by atoms with E-state index >= 15 is 0 Å². The highest BCUT2D eigenvalue weighted by Crippen LogP contribution is 2.20. The number of pyridine rings is 1. The van der Waals surface area contributed by atoms with Gasteiger partial charge in [0.15, 0.2) is 17.3 Å². The number of nitrogens with zero attached hydrogens (tertiary/aromatic N) is 2. The maximum Gasteiger partial charge on any atom is 0.363 e. The smallest absolute Gasteiger partial charge is 0.363 e. The number of hydrogen-bond donors (Lipinski definition) is 0. The molecule has 2 heterocycles. The quantitative estimate of drug-likeness (QED) is 0.630. The zero-order valence-corrected chi connectivity index (χ0v) is 10.6. The lowest BCUT2D eigenvalue weighted by Gasteiger charge is -1.99. The van der Waals surface area contributed by atoms with Crippen molar-refractivity contribution in [1.82, 2.24) is 4.98 Å². The Labute approximate surface area is 118 Å². The van der Waals surface area contributed by atoms with Gasteiger partial charge in [0.05, 0.1) is 0 Å². The third kappa shape index (κ3) is 2.69. The van der Waals surface area contributed by atoms with Gasteiger partial charge in [-0.25, -0.2) is 18.6 Å². The first-order valence-electron chi connectivity index (χ1n) is 6.01. The van der Waals surface area contributed by atoms with Crippen LogP contribution in [0.2, 0.25) is 0 Å². The number of rotatable bonds is 2. The van der Waals surface area contributed by atoms with E-state index in [0.717, 1.165) is 12.1 Å². The van der Waals surface area contributed by atoms with Crippen LogP contribution in [0.5, 0.6) is 0 Å². The fourth-order valence-electron chi connectivity index (χ4n) is 1.78. The molecule has 0 fully saturated rings. The number of aromatic nitrogens is 1. The van der Waals surface area contributed by atoms with Crippen LogP contribution < -0.4 is 0 Å². The fraction of sp³-hybridized carbons (Fsp3) is 0. The molecular weight excluding hydrogens is 278 g/mol. The molecule has 1 aliphatic heterocycles. The van der Waals surface area contributed by atoms with Crippen molar-refractivity contribution in [2.75, 3.05) is 0 Å². The summed E-state index contributed by atoms with van der Waals surface area (Å²) < 4.78 is 31.0. The Balaban J connectivity index is 1.95. The van der Waals surface area contributed by atoms with Crippen LogP contribution in [-0.2, 0) is 9.53 Å². The lowest BCUT2D eigenvalue weighted by Crippen LogP contribution is -2.06. The lowest BCUT2D eigenvalue weighted by molar-refractivity contribution is -0.129. The molecule has 0 atom stereocenters. The number of halogens is 2. The van der Waals surface area contributed by atoms with E-state index in [4.69, 9.17) is 4.74 Å². The second-order valence-electron chi connectivity index (χ2n) is 4.25. The Morgan fingerprint density at radius 1 is 1.14 bits per heavy atom. The SMILES string of the molecule is O=C1OC(c2ccc(F)c(F)c2)=N/C1=C/c1cccnc1. The molecule has 0 spiro atoms. The molecular formula is C15H8F2N2O2. The number of cyclic esters (lactones) is 1. The number of carbonyl (C=O) groups excluding carboxylic acids is 1. The summed E-state index contributed by atoms with van der Waals surface area (Å²) in [6.07, 6.45) is 4.67. The summed E-state index contributed by atoms with van der Waals surface area (Å²) in [5.41, 5.74) is 0.944. The number of ether oxygens (including phenoxy) is 1. The van der Waals surface area contributed by atoms with Crippen LogP contribution in [0.25, 0.3) is 6.08 Å². The van der Waals surface area contributed by atoms with Gasteiger partial charge in [-0.3, -0.25) is 4.98 Å². The van der Waals surface area contributed by atoms with Gasteiger partial charge in [0.2, 0.25) is 5.90 Å². The minimum absolute atomic E-state index is 0.0611. The van der Waals surface area contributed by atoms with Crippen molar-refractivity contribution in [2.24, 2.45) is 4.99 Å². The second kappa shape index (κ2) is 5.24. The molecule has 1 aromatic heterocycles. The zero-order chi connectivity index (χ0) is 14.8. The van der Waals surface area contributed by atoms with Gasteiger partial charge in [-0.05, 0) is 35.9 Å². The number of benzene rings is 1. The molecule has 21 heavy (non-hydrogen) atoms. The molecule has 0 bridgehead atoms. The van der Waals surface area contributed by atoms with E-state index in [-0.39, 0.29) is 17.2 Å². The lowest BCUT2D eigenvalue weighted by atomic mass is 10.2. The molecule has 0 N–H and O–H groups in total. The summed E-state index contributed by atoms with van der Waals surface area (Å²) in [6.45, 7) is 0. The monoisotopic (exact) mass is 286 g/mol. The number of carbonyl (C=O) groups is 1. The average Bonchev–Trinajstić information content (AvgIpc) is 2.84. The van der Waals surface area contributed by atoms with Crippen molar-refractivity contribution in [1.29, 1.82) is 0 Å². The molecule has 1 aliphatic rings. The third-order valence-corrected chi connectivity index (χ3v) is 2.77. The minimum atomic E-state index is -1.03. The first-order chi connectivity index (χ1) is 10.1. The molecule has 1 aromatic carbocycles. The number of esters is 1. The number of aliphatic imine (C=N–C) groups is 1. The van der Waals surface area contributed by atoms with Crippen LogP contribution in [0, 0.1) is 11.6 Å². The van der Waals surface area contributed by atoms with Crippen molar-refractivity contribution in [2.45, 2.75) is 0 Å². The van der Waals surface area contributed by atoms with Gasteiger partial charge in [-0.1, -0.05) is 6.07 Å². The molecule has 0 amide bonds. The van der Waals surface area contributed by atoms with Crippen molar-refractivity contribution < 1.29 is 18.3 Å². The van der Waals surface area contributed by atoms with E-state index in [1.54, 1.807) is 24.5 Å². The molecule has 0 saturated carbocycles. The Bertz CT molecular complexity index is 770. The molecule has 0 radical (unpaired) electrons. The third-order valence-electron chi connectivity index (χ3n) is 2.77. The van der Waals surface area contributed by atoms with Crippen molar-refractivity contribution in [3.05, 3.63) is 71.2 Å². The zero-order valence-electron chi connectivity index (χ0n) is 10.6. The van der Waals surface area contributed by atoms with Crippen LogP contribution >= 0.6 is 0 Å². The predicted molar refractivity (Wildman–Crippen MR) is 71.2 cm³/mol. The summed E-state index contributed by atoms with van der Waals surface area (Å²) in [4.78, 5) is 19.6. The highest BCUT2D eigenvalue weighted by molar-refractivity contribution is 6.12. The molecule has 104 valence electrons. The van der Waals surface area contributed by atoms with Crippen LogP contribution in [0.4, 0.5) is 8.78 Å². The summed E-state index contributed by atoms with van der Waals surface area (Å²) in [5.74, 6) is -2.72. The van der Waals surface area contributed by atoms with E-state index < -0.39 is 17.6 Å². The minimum Gasteiger partial charge on any atom is -0.402 e. The highest BCUT2D eigenvalue weighted by Gasteiger charge is 2.24. The van der Waals surface area contributed by atoms with Gasteiger partial charge in [0.25, 0.3) is 0 Å². The average molecular weight is 286 g/mol. The van der Waals surface area contributed by atoms with Gasteiger partial charge < -0.3 is 4.74 Å². The van der Waals surface area contributed by atoms with Crippen LogP contribution in [0.3, 0.4) is 0 Å². The van der Waals surface area contributed by atoms with E-state index in [1.807, 2.05) is 0 Å². The number of hydrogen-bond acceptors (Lipinski definition) is 4. The predicted octanol–water partition coefficient (Wildman–Crippen LogP) is 2.70. The van der Waals surface area contributed by atoms with Crippen LogP contribution in [-0.4, -0.2) is 16.9 Å². The Kier molecular flexibility index (Phi) is 3.27. The van der Waals surface area contributed by atoms with Gasteiger partial charge in [0, 0.05) is 18.0 Å². The fourth-order valence-corrected chi connectivity index (χ4v) is 1.78. The van der Waals surface area contributed by atoms with E-state index in [2.05, 4.69) is 9.98 Å². The highest BCUT2D eigenvalue weighted by atomic mass is 19.2. The Morgan fingerprint density at radius 2 is 2.00 bits per heavy atom. The normalized spacial score (nSPS) is 16.0. The molecule has 3 rings (SSSR count). The largest absolute Gasteiger partial charge is 0.402 e. The van der Waals surface area contributed by atoms with Crippen molar-refractivity contribution in [3.63, 3.8) is 0 Å². The molecule has 6 heteroatoms. The van der Waals surface area contributed by atoms with Gasteiger partial charge >= 0.3 is 5.97 Å². The van der Waals surface area contributed by atoms with Gasteiger partial charge in [-0.2, -0.15) is 0 Å². The Morgan fingerprint density at radius 3 is 2.71 bits per heavy atom. The van der Waals surface area contributed by atoms with Gasteiger partial charge in [-0.15, -0.1) is 0 Å². The topological polar surface area (TPSA) is 51.5 Å². The first kappa shape index (κ1) is 13.1. The maximum absolute atomic E-state index is 13.2. The Hall–Kier alpha value is -2.89. The second-order valence-corrected chi connectivity index (χ2v) is 4.25. The standard InChI is InChI=1S/C15H8F2N2O2/c16-11-4-3-10(7-12(11)17)14-19-13(15(20)21-14)6-9-2-1-5-18-8-9/h1-8H/b13-6+. The van der Waals surface area contributed by atoms with E-state index in [1.165, 1.54) is 12.1 Å². The molecule has 0 aliphatic carbocycles. The molecule has 0 unspecified atom stereocenters. The summed E-state index contributed by atoms with van der Waals surface area (Å²) in [7, 11) is 0.